The minimum Gasteiger partial charge on any atom is -0.508 e. The molecule has 10 unspecified atom stereocenters. The number of halogens is 1. The summed E-state index contributed by atoms with van der Waals surface area (Å²) in [5, 5.41) is 48.1. The molecule has 9 heteroatoms. The first kappa shape index (κ1) is 38.0. The lowest BCUT2D eigenvalue weighted by Gasteiger charge is -2.44. The van der Waals surface area contributed by atoms with E-state index in [0.717, 1.165) is 49.9 Å². The standard InChI is InChI=1S/2C21H29NO3.ClH/c2*1-13(2)19-11-20-14(3)4-9-18(20)15(10-21(19,24)25-20)12-22-16-5-7-17(23)8-6-16;/h2*5-8,12-14,18-19,22-24H,4,9-11H2,1-3H3;1H/b2*15-12+;. The van der Waals surface area contributed by atoms with Gasteiger partial charge in [0.05, 0.1) is 11.2 Å². The van der Waals surface area contributed by atoms with E-state index in [1.165, 1.54) is 11.1 Å². The molecule has 10 atom stereocenters. The second kappa shape index (κ2) is 13.9. The third kappa shape index (κ3) is 6.58. The Morgan fingerprint density at radius 2 is 0.980 bits per heavy atom. The lowest BCUT2D eigenvalue weighted by Crippen LogP contribution is -2.49. The van der Waals surface area contributed by atoms with Crippen LogP contribution in [-0.2, 0) is 9.47 Å². The largest absolute Gasteiger partial charge is 0.508 e. The molecular formula is C42H59ClN2O6. The zero-order valence-corrected chi connectivity index (χ0v) is 31.9. The molecule has 2 aromatic carbocycles. The summed E-state index contributed by atoms with van der Waals surface area (Å²) < 4.78 is 12.9. The fourth-order valence-corrected chi connectivity index (χ4v) is 10.9. The fraction of sp³-hybridized carbons (Fsp3) is 0.619. The Labute approximate surface area is 310 Å². The van der Waals surface area contributed by atoms with E-state index in [1.807, 2.05) is 24.3 Å². The molecule has 2 saturated carbocycles. The van der Waals surface area contributed by atoms with E-state index in [4.69, 9.17) is 9.47 Å². The number of rotatable bonds is 6. The third-order valence-corrected chi connectivity index (χ3v) is 13.6. The molecular weight excluding hydrogens is 664 g/mol. The Morgan fingerprint density at radius 3 is 1.31 bits per heavy atom. The Hall–Kier alpha value is -2.75. The average molecular weight is 723 g/mol. The van der Waals surface area contributed by atoms with Gasteiger partial charge in [0.2, 0.25) is 0 Å². The summed E-state index contributed by atoms with van der Waals surface area (Å²) in [4.78, 5) is 0. The Bertz CT molecular complexity index is 1490. The molecule has 4 heterocycles. The van der Waals surface area contributed by atoms with Crippen molar-refractivity contribution >= 4 is 23.8 Å². The average Bonchev–Trinajstić information content (AvgIpc) is 3.74. The molecule has 2 aliphatic carbocycles. The number of fused-ring (bicyclic) bond motifs is 2. The quantitative estimate of drug-likeness (QED) is 0.164. The lowest BCUT2D eigenvalue weighted by molar-refractivity contribution is -0.269. The van der Waals surface area contributed by atoms with Gasteiger partial charge < -0.3 is 40.5 Å². The second-order valence-corrected chi connectivity index (χ2v) is 17.1. The summed E-state index contributed by atoms with van der Waals surface area (Å²) in [5.74, 6) is 1.37. The molecule has 0 radical (unpaired) electrons. The Balaban J connectivity index is 0.000000172. The van der Waals surface area contributed by atoms with E-state index in [9.17, 15) is 20.4 Å². The van der Waals surface area contributed by atoms with E-state index in [1.54, 1.807) is 24.3 Å². The molecule has 280 valence electrons. The van der Waals surface area contributed by atoms with Crippen molar-refractivity contribution in [2.75, 3.05) is 10.6 Å². The lowest BCUT2D eigenvalue weighted by atomic mass is 9.77. The predicted octanol–water partition coefficient (Wildman–Crippen LogP) is 8.94. The molecule has 4 aliphatic heterocycles. The van der Waals surface area contributed by atoms with Gasteiger partial charge in [0.1, 0.15) is 11.5 Å². The van der Waals surface area contributed by atoms with Gasteiger partial charge in [-0.05, 0) is 122 Å². The van der Waals surface area contributed by atoms with Crippen molar-refractivity contribution < 1.29 is 29.9 Å². The highest BCUT2D eigenvalue weighted by Crippen LogP contribution is 2.65. The van der Waals surface area contributed by atoms with Crippen molar-refractivity contribution in [3.63, 3.8) is 0 Å². The third-order valence-electron chi connectivity index (χ3n) is 13.6. The highest BCUT2D eigenvalue weighted by Gasteiger charge is 2.68. The Kier molecular flexibility index (Phi) is 10.4. The van der Waals surface area contributed by atoms with Crippen molar-refractivity contribution in [1.82, 2.24) is 0 Å². The molecule has 8 nitrogen and oxygen atoms in total. The number of benzene rings is 2. The maximum atomic E-state index is 11.3. The van der Waals surface area contributed by atoms with E-state index in [2.05, 4.69) is 64.6 Å². The highest BCUT2D eigenvalue weighted by molar-refractivity contribution is 5.85. The summed E-state index contributed by atoms with van der Waals surface area (Å²) in [5.41, 5.74) is 4.02. The first-order valence-electron chi connectivity index (χ1n) is 19.0. The SMILES string of the molecule is CC(C)C1CC23OC1(O)C/C(=C\Nc1ccc(O)cc1)C2CCC3C.CC(C)C1CC23OC1(O)C/C(=C\Nc1ccc(O)cc1)C2CCC3C.Cl. The molecule has 4 saturated heterocycles. The predicted molar refractivity (Wildman–Crippen MR) is 203 cm³/mol. The number of anilines is 2. The van der Waals surface area contributed by atoms with E-state index in [0.29, 0.717) is 48.3 Å². The molecule has 2 spiro atoms. The number of phenolic OH excluding ortho intramolecular Hbond substituents is 2. The monoisotopic (exact) mass is 722 g/mol. The van der Waals surface area contributed by atoms with Crippen LogP contribution in [-0.4, -0.2) is 43.2 Å². The van der Waals surface area contributed by atoms with Crippen LogP contribution in [0, 0.1) is 47.3 Å². The molecule has 6 fully saturated rings. The number of aromatic hydroxyl groups is 2. The maximum absolute atomic E-state index is 11.3. The minimum atomic E-state index is -1.04. The summed E-state index contributed by atoms with van der Waals surface area (Å²) in [7, 11) is 0. The Morgan fingerprint density at radius 1 is 0.627 bits per heavy atom. The number of nitrogens with one attached hydrogen (secondary N) is 2. The zero-order chi connectivity index (χ0) is 35.6. The number of aliphatic hydroxyl groups is 2. The van der Waals surface area contributed by atoms with Crippen LogP contribution < -0.4 is 10.6 Å². The van der Waals surface area contributed by atoms with E-state index >= 15 is 0 Å². The van der Waals surface area contributed by atoms with Crippen LogP contribution in [0.3, 0.4) is 0 Å². The van der Waals surface area contributed by atoms with Gasteiger partial charge in [-0.15, -0.1) is 12.4 Å². The van der Waals surface area contributed by atoms with Gasteiger partial charge in [-0.25, -0.2) is 0 Å². The van der Waals surface area contributed by atoms with Gasteiger partial charge in [0.15, 0.2) is 11.6 Å². The highest BCUT2D eigenvalue weighted by atomic mass is 35.5. The van der Waals surface area contributed by atoms with Gasteiger partial charge in [-0.2, -0.15) is 0 Å². The summed E-state index contributed by atoms with van der Waals surface area (Å²) in [6, 6.07) is 14.1. The number of hydrogen-bond donors (Lipinski definition) is 6. The van der Waals surface area contributed by atoms with Crippen LogP contribution in [0.2, 0.25) is 0 Å². The van der Waals surface area contributed by atoms with Crippen LogP contribution in [0.25, 0.3) is 0 Å². The smallest absolute Gasteiger partial charge is 0.173 e. The molecule has 6 N–H and O–H groups in total. The maximum Gasteiger partial charge on any atom is 0.173 e. The first-order valence-corrected chi connectivity index (χ1v) is 19.0. The normalized spacial score (nSPS) is 40.5. The van der Waals surface area contributed by atoms with Crippen LogP contribution in [0.15, 0.2) is 72.1 Å². The number of phenols is 2. The van der Waals surface area contributed by atoms with E-state index in [-0.39, 0.29) is 46.9 Å². The first-order chi connectivity index (χ1) is 23.7. The summed E-state index contributed by atoms with van der Waals surface area (Å²) in [6.45, 7) is 13.3. The van der Waals surface area contributed by atoms with Gasteiger partial charge >= 0.3 is 0 Å². The van der Waals surface area contributed by atoms with Crippen molar-refractivity contribution in [3.8, 4) is 11.5 Å². The van der Waals surface area contributed by atoms with Crippen molar-refractivity contribution in [3.05, 3.63) is 72.1 Å². The molecule has 51 heavy (non-hydrogen) atoms. The molecule has 2 aromatic rings. The van der Waals surface area contributed by atoms with Crippen LogP contribution >= 0.6 is 12.4 Å². The molecule has 8 rings (SSSR count). The van der Waals surface area contributed by atoms with Crippen LogP contribution in [0.1, 0.15) is 92.9 Å². The fourth-order valence-electron chi connectivity index (χ4n) is 10.9. The van der Waals surface area contributed by atoms with Gasteiger partial charge in [0.25, 0.3) is 0 Å². The number of hydrogen-bond acceptors (Lipinski definition) is 8. The van der Waals surface area contributed by atoms with Crippen molar-refractivity contribution in [2.24, 2.45) is 47.3 Å². The minimum absolute atomic E-state index is 0. The van der Waals surface area contributed by atoms with Gasteiger partial charge in [0, 0.05) is 60.3 Å². The van der Waals surface area contributed by atoms with Gasteiger partial charge in [-0.3, -0.25) is 0 Å². The molecule has 6 aliphatic rings. The van der Waals surface area contributed by atoms with Crippen molar-refractivity contribution in [1.29, 1.82) is 0 Å². The van der Waals surface area contributed by atoms with Crippen LogP contribution in [0.5, 0.6) is 11.5 Å². The second-order valence-electron chi connectivity index (χ2n) is 17.1. The van der Waals surface area contributed by atoms with Crippen LogP contribution in [0.4, 0.5) is 11.4 Å². The van der Waals surface area contributed by atoms with Crippen molar-refractivity contribution in [2.45, 2.75) is 116 Å². The number of ether oxygens (including phenoxy) is 2. The molecule has 0 aromatic heterocycles. The molecule has 4 bridgehead atoms. The van der Waals surface area contributed by atoms with Gasteiger partial charge in [-0.1, -0.05) is 41.5 Å². The summed E-state index contributed by atoms with van der Waals surface area (Å²) >= 11 is 0. The van der Waals surface area contributed by atoms with E-state index < -0.39 is 11.6 Å². The zero-order valence-electron chi connectivity index (χ0n) is 31.1. The summed E-state index contributed by atoms with van der Waals surface area (Å²) in [6.07, 6.45) is 11.8. The molecule has 0 amide bonds. The topological polar surface area (TPSA) is 123 Å².